The lowest BCUT2D eigenvalue weighted by Gasteiger charge is -2.10. The van der Waals surface area contributed by atoms with Gasteiger partial charge in [-0.25, -0.2) is 0 Å². The number of nitrogens with one attached hydrogen (secondary N) is 1. The lowest BCUT2D eigenvalue weighted by Crippen LogP contribution is -2.14. The lowest BCUT2D eigenvalue weighted by atomic mass is 10.1. The van der Waals surface area contributed by atoms with Gasteiger partial charge in [0.2, 0.25) is 0 Å². The van der Waals surface area contributed by atoms with Crippen molar-refractivity contribution in [1.29, 1.82) is 0 Å². The molecular formula is C11H13Cl2NO2. The van der Waals surface area contributed by atoms with E-state index in [9.17, 15) is 4.79 Å². The Morgan fingerprint density at radius 3 is 2.81 bits per heavy atom. The van der Waals surface area contributed by atoms with Crippen molar-refractivity contribution in [3.05, 3.63) is 28.2 Å². The van der Waals surface area contributed by atoms with Crippen molar-refractivity contribution in [3.63, 3.8) is 0 Å². The number of carbonyl (C=O) groups is 1. The zero-order valence-electron chi connectivity index (χ0n) is 8.84. The normalized spacial score (nSPS) is 12.2. The second kappa shape index (κ2) is 5.97. The van der Waals surface area contributed by atoms with Crippen LogP contribution in [0.1, 0.15) is 13.3 Å². The van der Waals surface area contributed by atoms with E-state index in [-0.39, 0.29) is 5.92 Å². The molecular weight excluding hydrogens is 249 g/mol. The first kappa shape index (κ1) is 13.1. The molecule has 0 aliphatic heterocycles. The number of hydrogen-bond acceptors (Lipinski definition) is 2. The van der Waals surface area contributed by atoms with Crippen LogP contribution in [0.4, 0.5) is 5.69 Å². The Hall–Kier alpha value is -0.930. The van der Waals surface area contributed by atoms with Gasteiger partial charge in [-0.1, -0.05) is 36.2 Å². The number of aliphatic carboxylic acids is 1. The second-order valence-electron chi connectivity index (χ2n) is 3.56. The maximum absolute atomic E-state index is 10.6. The first-order valence-electron chi connectivity index (χ1n) is 4.93. The minimum atomic E-state index is -0.793. The molecule has 1 aromatic rings. The fourth-order valence-corrected chi connectivity index (χ4v) is 1.55. The van der Waals surface area contributed by atoms with Gasteiger partial charge in [0.05, 0.1) is 21.7 Å². The lowest BCUT2D eigenvalue weighted by molar-refractivity contribution is -0.141. The monoisotopic (exact) mass is 261 g/mol. The summed E-state index contributed by atoms with van der Waals surface area (Å²) in [6.07, 6.45) is 0.540. The summed E-state index contributed by atoms with van der Waals surface area (Å²) in [4.78, 5) is 10.6. The highest BCUT2D eigenvalue weighted by molar-refractivity contribution is 6.43. The number of carboxylic acid groups (broad SMARTS) is 1. The van der Waals surface area contributed by atoms with Gasteiger partial charge in [-0.2, -0.15) is 0 Å². The molecule has 88 valence electrons. The smallest absolute Gasteiger partial charge is 0.306 e. The molecule has 0 bridgehead atoms. The van der Waals surface area contributed by atoms with E-state index in [2.05, 4.69) is 5.32 Å². The van der Waals surface area contributed by atoms with Gasteiger partial charge in [-0.15, -0.1) is 0 Å². The van der Waals surface area contributed by atoms with Gasteiger partial charge in [-0.05, 0) is 18.6 Å². The van der Waals surface area contributed by atoms with E-state index in [0.717, 1.165) is 5.69 Å². The molecule has 0 aliphatic carbocycles. The number of hydrogen-bond donors (Lipinski definition) is 2. The standard InChI is InChI=1S/C11H13Cl2NO2/c1-7(11(15)16)5-6-14-9-4-2-3-8(12)10(9)13/h2-4,7,14H,5-6H2,1H3,(H,15,16). The summed E-state index contributed by atoms with van der Waals surface area (Å²) in [5, 5.41) is 12.7. The molecule has 0 aromatic heterocycles. The van der Waals surface area contributed by atoms with Crippen molar-refractivity contribution in [2.24, 2.45) is 5.92 Å². The summed E-state index contributed by atoms with van der Waals surface area (Å²) in [6, 6.07) is 5.30. The quantitative estimate of drug-likeness (QED) is 0.853. The first-order valence-corrected chi connectivity index (χ1v) is 5.68. The molecule has 0 saturated carbocycles. The first-order chi connectivity index (χ1) is 7.52. The van der Waals surface area contributed by atoms with Gasteiger partial charge in [0.1, 0.15) is 0 Å². The van der Waals surface area contributed by atoms with E-state index in [1.165, 1.54) is 0 Å². The highest BCUT2D eigenvalue weighted by Gasteiger charge is 2.10. The fraction of sp³-hybridized carbons (Fsp3) is 0.364. The summed E-state index contributed by atoms with van der Waals surface area (Å²) < 4.78 is 0. The fourth-order valence-electron chi connectivity index (χ4n) is 1.19. The molecule has 0 fully saturated rings. The summed E-state index contributed by atoms with van der Waals surface area (Å²) >= 11 is 11.8. The minimum absolute atomic E-state index is 0.370. The third-order valence-corrected chi connectivity index (χ3v) is 3.08. The van der Waals surface area contributed by atoms with Crippen molar-refractivity contribution in [2.75, 3.05) is 11.9 Å². The van der Waals surface area contributed by atoms with Gasteiger partial charge in [0.25, 0.3) is 0 Å². The number of halogens is 2. The largest absolute Gasteiger partial charge is 0.481 e. The van der Waals surface area contributed by atoms with E-state index < -0.39 is 5.97 Å². The molecule has 1 unspecified atom stereocenters. The van der Waals surface area contributed by atoms with Crippen LogP contribution in [-0.2, 0) is 4.79 Å². The van der Waals surface area contributed by atoms with Gasteiger partial charge < -0.3 is 10.4 Å². The third-order valence-electron chi connectivity index (χ3n) is 2.27. The Balaban J connectivity index is 2.49. The van der Waals surface area contributed by atoms with E-state index in [1.807, 2.05) is 0 Å². The average molecular weight is 262 g/mol. The van der Waals surface area contributed by atoms with E-state index in [1.54, 1.807) is 25.1 Å². The maximum Gasteiger partial charge on any atom is 0.306 e. The second-order valence-corrected chi connectivity index (χ2v) is 4.34. The molecule has 3 nitrogen and oxygen atoms in total. The Morgan fingerprint density at radius 2 is 2.19 bits per heavy atom. The zero-order chi connectivity index (χ0) is 12.1. The highest BCUT2D eigenvalue weighted by atomic mass is 35.5. The average Bonchev–Trinajstić information content (AvgIpc) is 2.24. The Morgan fingerprint density at radius 1 is 1.50 bits per heavy atom. The molecule has 0 heterocycles. The number of carboxylic acids is 1. The summed E-state index contributed by atoms with van der Waals surface area (Å²) in [6.45, 7) is 2.22. The predicted molar refractivity (Wildman–Crippen MR) is 66.4 cm³/mol. The van der Waals surface area contributed by atoms with Crippen LogP contribution in [0.3, 0.4) is 0 Å². The van der Waals surface area contributed by atoms with Gasteiger partial charge in [-0.3, -0.25) is 4.79 Å². The van der Waals surface area contributed by atoms with Crippen LogP contribution in [0, 0.1) is 5.92 Å². The van der Waals surface area contributed by atoms with Gasteiger partial charge in [0.15, 0.2) is 0 Å². The highest BCUT2D eigenvalue weighted by Crippen LogP contribution is 2.29. The molecule has 1 rings (SSSR count). The molecule has 0 aliphatic rings. The van der Waals surface area contributed by atoms with E-state index in [4.69, 9.17) is 28.3 Å². The van der Waals surface area contributed by atoms with E-state index >= 15 is 0 Å². The van der Waals surface area contributed by atoms with Crippen molar-refractivity contribution in [3.8, 4) is 0 Å². The molecule has 0 saturated heterocycles. The molecule has 16 heavy (non-hydrogen) atoms. The number of anilines is 1. The van der Waals surface area contributed by atoms with Crippen LogP contribution in [0.5, 0.6) is 0 Å². The zero-order valence-corrected chi connectivity index (χ0v) is 10.3. The molecule has 0 spiro atoms. The molecule has 0 radical (unpaired) electrons. The Kier molecular flexibility index (Phi) is 4.90. The van der Waals surface area contributed by atoms with Crippen LogP contribution >= 0.6 is 23.2 Å². The van der Waals surface area contributed by atoms with E-state index in [0.29, 0.717) is 23.0 Å². The molecule has 1 aromatic carbocycles. The third kappa shape index (κ3) is 3.58. The number of rotatable bonds is 5. The van der Waals surface area contributed by atoms with Crippen LogP contribution in [0.2, 0.25) is 10.0 Å². The van der Waals surface area contributed by atoms with Crippen LogP contribution < -0.4 is 5.32 Å². The topological polar surface area (TPSA) is 49.3 Å². The van der Waals surface area contributed by atoms with Gasteiger partial charge in [0, 0.05) is 6.54 Å². The summed E-state index contributed by atoms with van der Waals surface area (Å²) in [5.41, 5.74) is 0.728. The van der Waals surface area contributed by atoms with Crippen LogP contribution in [0.25, 0.3) is 0 Å². The molecule has 0 amide bonds. The summed E-state index contributed by atoms with van der Waals surface area (Å²) in [5.74, 6) is -1.16. The van der Waals surface area contributed by atoms with Crippen molar-refractivity contribution in [1.82, 2.24) is 0 Å². The van der Waals surface area contributed by atoms with Crippen LogP contribution in [-0.4, -0.2) is 17.6 Å². The Bertz CT molecular complexity index is 382. The predicted octanol–water partition coefficient (Wildman–Crippen LogP) is 3.52. The van der Waals surface area contributed by atoms with Crippen LogP contribution in [0.15, 0.2) is 18.2 Å². The SMILES string of the molecule is CC(CCNc1cccc(Cl)c1Cl)C(=O)O. The minimum Gasteiger partial charge on any atom is -0.481 e. The Labute approximate surface area is 104 Å². The molecule has 5 heteroatoms. The summed E-state index contributed by atoms with van der Waals surface area (Å²) in [7, 11) is 0. The number of benzene rings is 1. The molecule has 2 N–H and O–H groups in total. The van der Waals surface area contributed by atoms with Crippen molar-refractivity contribution < 1.29 is 9.90 Å². The maximum atomic E-state index is 10.6. The van der Waals surface area contributed by atoms with Crippen molar-refractivity contribution in [2.45, 2.75) is 13.3 Å². The molecule has 1 atom stereocenters. The van der Waals surface area contributed by atoms with Gasteiger partial charge >= 0.3 is 5.97 Å². The van der Waals surface area contributed by atoms with Crippen molar-refractivity contribution >= 4 is 34.9 Å².